The van der Waals surface area contributed by atoms with Gasteiger partial charge in [0.05, 0.1) is 5.92 Å². The van der Waals surface area contributed by atoms with Gasteiger partial charge in [-0.3, -0.25) is 14.2 Å². The van der Waals surface area contributed by atoms with Crippen molar-refractivity contribution in [3.05, 3.63) is 18.7 Å². The summed E-state index contributed by atoms with van der Waals surface area (Å²) in [5.74, 6) is -1.72. The average Bonchev–Trinajstić information content (AvgIpc) is 3.40. The average molecular weight is 525 g/mol. The number of rotatable bonds is 11. The van der Waals surface area contributed by atoms with Crippen molar-refractivity contribution in [1.82, 2.24) is 20.2 Å². The molecule has 1 saturated carbocycles. The van der Waals surface area contributed by atoms with Crippen LogP contribution in [0.2, 0.25) is 0 Å². The summed E-state index contributed by atoms with van der Waals surface area (Å²) in [5, 5.41) is 15.8. The summed E-state index contributed by atoms with van der Waals surface area (Å²) in [5.41, 5.74) is -0.669. The monoisotopic (exact) mass is 524 g/mol. The molecule has 202 valence electrons. The SMILES string of the molecule is CC(=O)NCC(C)CCCCCC1C(NC(=O)OC(C)(C)C)CC(C(=O)O)C1OC(=S)n1ccnc1. The number of aromatic nitrogens is 2. The predicted molar refractivity (Wildman–Crippen MR) is 138 cm³/mol. The van der Waals surface area contributed by atoms with Gasteiger partial charge in [-0.1, -0.05) is 26.2 Å². The van der Waals surface area contributed by atoms with Gasteiger partial charge in [0.2, 0.25) is 5.91 Å². The predicted octanol–water partition coefficient (Wildman–Crippen LogP) is 3.74. The molecule has 1 aliphatic rings. The van der Waals surface area contributed by atoms with Crippen molar-refractivity contribution in [3.63, 3.8) is 0 Å². The van der Waals surface area contributed by atoms with Crippen LogP contribution in [0.1, 0.15) is 73.1 Å². The molecule has 3 N–H and O–H groups in total. The molecular weight excluding hydrogens is 484 g/mol. The van der Waals surface area contributed by atoms with Gasteiger partial charge in [0.25, 0.3) is 5.17 Å². The van der Waals surface area contributed by atoms with E-state index in [1.54, 1.807) is 33.2 Å². The maximum atomic E-state index is 12.5. The number of aliphatic carboxylic acids is 1. The number of thiocarbonyl (C=S) groups is 1. The summed E-state index contributed by atoms with van der Waals surface area (Å²) in [7, 11) is 0. The third-order valence-electron chi connectivity index (χ3n) is 6.25. The molecule has 1 heterocycles. The molecule has 0 saturated heterocycles. The molecule has 1 aromatic heterocycles. The van der Waals surface area contributed by atoms with E-state index in [-0.39, 0.29) is 23.4 Å². The lowest BCUT2D eigenvalue weighted by Gasteiger charge is -2.28. The molecule has 1 aliphatic carbocycles. The van der Waals surface area contributed by atoms with Crippen LogP contribution in [0.15, 0.2) is 18.7 Å². The van der Waals surface area contributed by atoms with Crippen LogP contribution in [-0.4, -0.2) is 62.1 Å². The normalized spacial score (nSPS) is 22.5. The van der Waals surface area contributed by atoms with Crippen molar-refractivity contribution in [2.24, 2.45) is 17.8 Å². The molecular formula is C25H40N4O6S. The summed E-state index contributed by atoms with van der Waals surface area (Å²) in [4.78, 5) is 39.7. The van der Waals surface area contributed by atoms with Gasteiger partial charge >= 0.3 is 12.1 Å². The highest BCUT2D eigenvalue weighted by Crippen LogP contribution is 2.38. The van der Waals surface area contributed by atoms with Gasteiger partial charge in [0, 0.05) is 37.8 Å². The first-order chi connectivity index (χ1) is 16.9. The van der Waals surface area contributed by atoms with Crippen LogP contribution < -0.4 is 10.6 Å². The number of carboxylic acids is 1. The number of alkyl carbamates (subject to hydrolysis) is 1. The largest absolute Gasteiger partial charge is 0.481 e. The molecule has 36 heavy (non-hydrogen) atoms. The summed E-state index contributed by atoms with van der Waals surface area (Å²) >= 11 is 5.39. The first kappa shape index (κ1) is 29.5. The zero-order valence-electron chi connectivity index (χ0n) is 21.9. The number of hydrogen-bond donors (Lipinski definition) is 3. The molecule has 10 nitrogen and oxygen atoms in total. The lowest BCUT2D eigenvalue weighted by atomic mass is 9.92. The summed E-state index contributed by atoms with van der Waals surface area (Å²) in [6, 6.07) is -0.421. The molecule has 2 rings (SSSR count). The minimum absolute atomic E-state index is 0.0285. The number of hydrogen-bond acceptors (Lipinski definition) is 7. The van der Waals surface area contributed by atoms with Crippen LogP contribution >= 0.6 is 12.2 Å². The van der Waals surface area contributed by atoms with Crippen molar-refractivity contribution in [2.75, 3.05) is 6.54 Å². The zero-order chi connectivity index (χ0) is 26.9. The fraction of sp³-hybridized carbons (Fsp3) is 0.720. The molecule has 0 radical (unpaired) electrons. The standard InChI is InChI=1S/C25H40N4O6S/c1-16(14-27-17(2)30)9-7-6-8-10-18-20(28-23(33)35-25(3,4)5)13-19(22(31)32)21(18)34-24(36)29-12-11-26-15-29/h11-12,15-16,18-21H,6-10,13-14H2,1-5H3,(H,27,30)(H,28,33)(H,31,32). The molecule has 2 amide bonds. The Morgan fingerprint density at radius 2 is 1.97 bits per heavy atom. The highest BCUT2D eigenvalue weighted by molar-refractivity contribution is 7.80. The maximum Gasteiger partial charge on any atom is 0.407 e. The third-order valence-corrected chi connectivity index (χ3v) is 6.56. The highest BCUT2D eigenvalue weighted by Gasteiger charge is 2.49. The fourth-order valence-electron chi connectivity index (χ4n) is 4.53. The van der Waals surface area contributed by atoms with E-state index in [9.17, 15) is 19.5 Å². The molecule has 0 aliphatic heterocycles. The molecule has 5 atom stereocenters. The van der Waals surface area contributed by atoms with Crippen molar-refractivity contribution < 1.29 is 29.0 Å². The Hall–Kier alpha value is -2.69. The molecule has 11 heteroatoms. The Balaban J connectivity index is 2.06. The van der Waals surface area contributed by atoms with Crippen LogP contribution in [0.4, 0.5) is 4.79 Å². The molecule has 1 fully saturated rings. The van der Waals surface area contributed by atoms with Gasteiger partial charge in [-0.2, -0.15) is 0 Å². The Labute approximate surface area is 218 Å². The van der Waals surface area contributed by atoms with Crippen molar-refractivity contribution in [2.45, 2.75) is 90.9 Å². The second-order valence-corrected chi connectivity index (χ2v) is 10.9. The van der Waals surface area contributed by atoms with Crippen LogP contribution in [0.25, 0.3) is 0 Å². The Morgan fingerprint density at radius 3 is 2.56 bits per heavy atom. The lowest BCUT2D eigenvalue weighted by molar-refractivity contribution is -0.144. The zero-order valence-corrected chi connectivity index (χ0v) is 22.7. The second kappa shape index (κ2) is 13.6. The number of amides is 2. The first-order valence-electron chi connectivity index (χ1n) is 12.5. The summed E-state index contributed by atoms with van der Waals surface area (Å²) in [6.45, 7) is 9.61. The minimum atomic E-state index is -0.987. The number of nitrogens with one attached hydrogen (secondary N) is 2. The van der Waals surface area contributed by atoms with E-state index in [2.05, 4.69) is 22.5 Å². The van der Waals surface area contributed by atoms with Crippen LogP contribution in [0.5, 0.6) is 0 Å². The van der Waals surface area contributed by atoms with Crippen molar-refractivity contribution in [3.8, 4) is 0 Å². The van der Waals surface area contributed by atoms with E-state index in [0.29, 0.717) is 18.9 Å². The number of imidazole rings is 1. The van der Waals surface area contributed by atoms with Crippen molar-refractivity contribution >= 4 is 35.4 Å². The topological polar surface area (TPSA) is 132 Å². The minimum Gasteiger partial charge on any atom is -0.481 e. The number of carbonyl (C=O) groups excluding carboxylic acids is 2. The molecule has 5 unspecified atom stereocenters. The van der Waals surface area contributed by atoms with E-state index in [1.807, 2.05) is 0 Å². The Kier molecular flexibility index (Phi) is 11.1. The maximum absolute atomic E-state index is 12.5. The van der Waals surface area contributed by atoms with Gasteiger partial charge in [0.1, 0.15) is 18.0 Å². The number of carboxylic acid groups (broad SMARTS) is 1. The summed E-state index contributed by atoms with van der Waals surface area (Å²) in [6.07, 6.45) is 8.07. The second-order valence-electron chi connectivity index (χ2n) is 10.6. The quantitative estimate of drug-likeness (QED) is 0.295. The van der Waals surface area contributed by atoms with E-state index in [0.717, 1.165) is 25.7 Å². The van der Waals surface area contributed by atoms with Gasteiger partial charge in [-0.25, -0.2) is 9.78 Å². The van der Waals surface area contributed by atoms with Crippen LogP contribution in [0.3, 0.4) is 0 Å². The molecule has 0 bridgehead atoms. The van der Waals surface area contributed by atoms with E-state index < -0.39 is 35.7 Å². The van der Waals surface area contributed by atoms with E-state index >= 15 is 0 Å². The van der Waals surface area contributed by atoms with E-state index in [1.165, 1.54) is 17.8 Å². The van der Waals surface area contributed by atoms with Gasteiger partial charge in [-0.15, -0.1) is 0 Å². The number of unbranched alkanes of at least 4 members (excludes halogenated alkanes) is 2. The highest BCUT2D eigenvalue weighted by atomic mass is 32.1. The van der Waals surface area contributed by atoms with Gasteiger partial charge in [-0.05, 0) is 58.2 Å². The van der Waals surface area contributed by atoms with Gasteiger partial charge < -0.3 is 25.2 Å². The smallest absolute Gasteiger partial charge is 0.407 e. The number of ether oxygens (including phenoxy) is 2. The van der Waals surface area contributed by atoms with Crippen LogP contribution in [-0.2, 0) is 19.1 Å². The Morgan fingerprint density at radius 1 is 1.25 bits per heavy atom. The summed E-state index contributed by atoms with van der Waals surface area (Å²) < 4.78 is 13.0. The number of nitrogens with zero attached hydrogens (tertiary/aromatic N) is 2. The third kappa shape index (κ3) is 9.75. The lowest BCUT2D eigenvalue weighted by Crippen LogP contribution is -2.43. The molecule has 0 spiro atoms. The molecule has 1 aromatic rings. The molecule has 0 aromatic carbocycles. The first-order valence-corrected chi connectivity index (χ1v) is 12.9. The Bertz CT molecular complexity index is 886. The van der Waals surface area contributed by atoms with Crippen molar-refractivity contribution in [1.29, 1.82) is 0 Å². The van der Waals surface area contributed by atoms with Crippen LogP contribution in [0, 0.1) is 17.8 Å². The number of carbonyl (C=O) groups is 3. The van der Waals surface area contributed by atoms with E-state index in [4.69, 9.17) is 21.7 Å². The van der Waals surface area contributed by atoms with Gasteiger partial charge in [0.15, 0.2) is 0 Å². The fourth-order valence-corrected chi connectivity index (χ4v) is 4.74.